The molecule has 1 aromatic rings. The average molecular weight is 346 g/mol. The van der Waals surface area contributed by atoms with Crippen molar-refractivity contribution in [2.75, 3.05) is 33.8 Å². The molecule has 1 N–H and O–H groups in total. The van der Waals surface area contributed by atoms with Crippen LogP contribution in [-0.4, -0.2) is 78.6 Å². The van der Waals surface area contributed by atoms with Crippen LogP contribution in [0.25, 0.3) is 0 Å². The van der Waals surface area contributed by atoms with Gasteiger partial charge in [-0.2, -0.15) is 0 Å². The van der Waals surface area contributed by atoms with Crippen LogP contribution in [-0.2, 0) is 20.7 Å². The van der Waals surface area contributed by atoms with Gasteiger partial charge in [0.15, 0.2) is 0 Å². The first-order chi connectivity index (χ1) is 12.0. The third-order valence-corrected chi connectivity index (χ3v) is 4.84. The maximum absolute atomic E-state index is 12.2. The Morgan fingerprint density at radius 1 is 1.40 bits per heavy atom. The molecule has 0 radical (unpaired) electrons. The number of aromatic nitrogens is 1. The van der Waals surface area contributed by atoms with Crippen LogP contribution in [0.2, 0.25) is 0 Å². The van der Waals surface area contributed by atoms with Crippen molar-refractivity contribution in [2.24, 2.45) is 0 Å². The Morgan fingerprint density at radius 3 is 2.96 bits per heavy atom. The highest BCUT2D eigenvalue weighted by atomic mass is 16.5. The molecule has 0 aromatic carbocycles. The van der Waals surface area contributed by atoms with E-state index in [4.69, 9.17) is 4.74 Å². The van der Waals surface area contributed by atoms with E-state index in [0.717, 1.165) is 25.1 Å². The molecule has 3 rings (SSSR count). The van der Waals surface area contributed by atoms with E-state index < -0.39 is 0 Å². The van der Waals surface area contributed by atoms with E-state index in [9.17, 15) is 9.59 Å². The molecule has 0 unspecified atom stereocenters. The second kappa shape index (κ2) is 7.93. The third kappa shape index (κ3) is 4.76. The van der Waals surface area contributed by atoms with Crippen LogP contribution in [0.1, 0.15) is 18.4 Å². The zero-order valence-corrected chi connectivity index (χ0v) is 14.9. The molecule has 3 atom stereocenters. The maximum atomic E-state index is 12.2. The summed E-state index contributed by atoms with van der Waals surface area (Å²) in [4.78, 5) is 32.0. The van der Waals surface area contributed by atoms with Crippen molar-refractivity contribution in [3.8, 4) is 0 Å². The van der Waals surface area contributed by atoms with Crippen molar-refractivity contribution in [2.45, 2.75) is 37.5 Å². The predicted octanol–water partition coefficient (Wildman–Crippen LogP) is 0.0603. The molecule has 0 spiro atoms. The molecular weight excluding hydrogens is 320 g/mol. The fraction of sp³-hybridized carbons (Fsp3) is 0.611. The maximum Gasteiger partial charge on any atom is 0.224 e. The number of pyridine rings is 1. The highest BCUT2D eigenvalue weighted by Crippen LogP contribution is 2.24. The number of fused-ring (bicyclic) bond motifs is 1. The Labute approximate surface area is 148 Å². The van der Waals surface area contributed by atoms with Crippen LogP contribution in [0.5, 0.6) is 0 Å². The smallest absolute Gasteiger partial charge is 0.224 e. The molecule has 0 aliphatic carbocycles. The van der Waals surface area contributed by atoms with Crippen LogP contribution in [0.3, 0.4) is 0 Å². The van der Waals surface area contributed by atoms with Gasteiger partial charge >= 0.3 is 0 Å². The van der Waals surface area contributed by atoms with Crippen molar-refractivity contribution in [3.63, 3.8) is 0 Å². The minimum absolute atomic E-state index is 0.0260. The minimum atomic E-state index is -0.0593. The van der Waals surface area contributed by atoms with E-state index in [0.29, 0.717) is 25.5 Å². The second-order valence-electron chi connectivity index (χ2n) is 7.09. The second-order valence-corrected chi connectivity index (χ2v) is 7.09. The zero-order chi connectivity index (χ0) is 17.8. The zero-order valence-electron chi connectivity index (χ0n) is 14.9. The summed E-state index contributed by atoms with van der Waals surface area (Å²) in [6.45, 7) is 2.19. The summed E-state index contributed by atoms with van der Waals surface area (Å²) in [5.74, 6) is 0.113. The molecule has 7 nitrogen and oxygen atoms in total. The number of morpholine rings is 1. The van der Waals surface area contributed by atoms with Crippen LogP contribution in [0.15, 0.2) is 24.5 Å². The molecule has 2 aliphatic heterocycles. The van der Waals surface area contributed by atoms with Crippen molar-refractivity contribution in [1.29, 1.82) is 0 Å². The number of hydrogen-bond donors (Lipinski definition) is 1. The normalized spacial score (nSPS) is 26.1. The number of rotatable bonds is 5. The quantitative estimate of drug-likeness (QED) is 0.816. The largest absolute Gasteiger partial charge is 0.375 e. The van der Waals surface area contributed by atoms with Gasteiger partial charge in [-0.3, -0.25) is 19.5 Å². The van der Waals surface area contributed by atoms with Gasteiger partial charge in [0.1, 0.15) is 0 Å². The first-order valence-electron chi connectivity index (χ1n) is 8.75. The Kier molecular flexibility index (Phi) is 5.65. The number of ether oxygens (including phenoxy) is 1. The lowest BCUT2D eigenvalue weighted by molar-refractivity contribution is -0.134. The minimum Gasteiger partial charge on any atom is -0.375 e. The lowest BCUT2D eigenvalue weighted by Crippen LogP contribution is -2.47. The van der Waals surface area contributed by atoms with E-state index in [-0.39, 0.29) is 24.0 Å². The predicted molar refractivity (Wildman–Crippen MR) is 92.9 cm³/mol. The SMILES string of the molecule is CN(C)C(=O)C[C@H]1CN2C[C@H](NC(=O)Cc3cccnc3)C[C@H]2CO1. The molecular formula is C18H26N4O3. The van der Waals surface area contributed by atoms with E-state index in [2.05, 4.69) is 15.2 Å². The molecule has 2 saturated heterocycles. The number of carbonyl (C=O) groups is 2. The van der Waals surface area contributed by atoms with E-state index in [1.807, 2.05) is 12.1 Å². The lowest BCUT2D eigenvalue weighted by Gasteiger charge is -2.35. The summed E-state index contributed by atoms with van der Waals surface area (Å²) in [6.07, 6.45) is 5.02. The summed E-state index contributed by atoms with van der Waals surface area (Å²) in [5.41, 5.74) is 0.918. The monoisotopic (exact) mass is 346 g/mol. The summed E-state index contributed by atoms with van der Waals surface area (Å²) < 4.78 is 5.85. The number of nitrogens with one attached hydrogen (secondary N) is 1. The van der Waals surface area contributed by atoms with Crippen molar-refractivity contribution >= 4 is 11.8 Å². The standard InChI is InChI=1S/C18H26N4O3/c1-21(2)18(24)8-16-11-22-10-14(7-15(22)12-25-16)20-17(23)6-13-4-3-5-19-9-13/h3-5,9,14-16H,6-8,10-12H2,1-2H3,(H,20,23)/t14-,15+,16+/m1/s1. The average Bonchev–Trinajstić information content (AvgIpc) is 2.96. The fourth-order valence-corrected chi connectivity index (χ4v) is 3.51. The molecule has 0 bridgehead atoms. The molecule has 7 heteroatoms. The van der Waals surface area contributed by atoms with Crippen LogP contribution < -0.4 is 5.32 Å². The Balaban J connectivity index is 1.46. The number of nitrogens with zero attached hydrogens (tertiary/aromatic N) is 3. The third-order valence-electron chi connectivity index (χ3n) is 4.84. The highest BCUT2D eigenvalue weighted by Gasteiger charge is 2.38. The van der Waals surface area contributed by atoms with Gasteiger partial charge in [-0.25, -0.2) is 0 Å². The summed E-state index contributed by atoms with van der Waals surface area (Å²) >= 11 is 0. The Hall–Kier alpha value is -1.99. The lowest BCUT2D eigenvalue weighted by atomic mass is 10.1. The van der Waals surface area contributed by atoms with Gasteiger partial charge in [0, 0.05) is 51.7 Å². The van der Waals surface area contributed by atoms with Gasteiger partial charge in [0.2, 0.25) is 11.8 Å². The highest BCUT2D eigenvalue weighted by molar-refractivity contribution is 5.78. The summed E-state index contributed by atoms with van der Waals surface area (Å²) in [6, 6.07) is 4.21. The molecule has 2 fully saturated rings. The number of carbonyl (C=O) groups excluding carboxylic acids is 2. The van der Waals surface area contributed by atoms with E-state index >= 15 is 0 Å². The van der Waals surface area contributed by atoms with E-state index in [1.54, 1.807) is 31.4 Å². The molecule has 3 heterocycles. The topological polar surface area (TPSA) is 74.8 Å². The Morgan fingerprint density at radius 2 is 2.24 bits per heavy atom. The number of amides is 2. The molecule has 0 saturated carbocycles. The first-order valence-corrected chi connectivity index (χ1v) is 8.75. The van der Waals surface area contributed by atoms with Gasteiger partial charge in [-0.1, -0.05) is 6.07 Å². The Bertz CT molecular complexity index is 608. The van der Waals surface area contributed by atoms with Gasteiger partial charge in [0.05, 0.1) is 25.6 Å². The van der Waals surface area contributed by atoms with Gasteiger partial charge in [-0.05, 0) is 18.1 Å². The summed E-state index contributed by atoms with van der Waals surface area (Å²) in [7, 11) is 3.52. The fourth-order valence-electron chi connectivity index (χ4n) is 3.51. The molecule has 1 aromatic heterocycles. The number of hydrogen-bond acceptors (Lipinski definition) is 5. The molecule has 25 heavy (non-hydrogen) atoms. The van der Waals surface area contributed by atoms with E-state index in [1.165, 1.54) is 0 Å². The van der Waals surface area contributed by atoms with Gasteiger partial charge in [-0.15, -0.1) is 0 Å². The van der Waals surface area contributed by atoms with Crippen molar-refractivity contribution in [1.82, 2.24) is 20.1 Å². The molecule has 136 valence electrons. The molecule has 2 amide bonds. The van der Waals surface area contributed by atoms with Crippen LogP contribution in [0, 0.1) is 0 Å². The van der Waals surface area contributed by atoms with Gasteiger partial charge < -0.3 is 15.0 Å². The van der Waals surface area contributed by atoms with Crippen molar-refractivity contribution in [3.05, 3.63) is 30.1 Å². The first kappa shape index (κ1) is 17.8. The molecule has 2 aliphatic rings. The van der Waals surface area contributed by atoms with Crippen molar-refractivity contribution < 1.29 is 14.3 Å². The van der Waals surface area contributed by atoms with Gasteiger partial charge in [0.25, 0.3) is 0 Å². The summed E-state index contributed by atoms with van der Waals surface area (Å²) in [5, 5.41) is 3.12. The van der Waals surface area contributed by atoms with Crippen LogP contribution in [0.4, 0.5) is 0 Å². The van der Waals surface area contributed by atoms with Crippen LogP contribution >= 0.6 is 0 Å².